The molecule has 0 heterocycles. The molecule has 0 N–H and O–H groups in total. The lowest BCUT2D eigenvalue weighted by Gasteiger charge is -2.24. The summed E-state index contributed by atoms with van der Waals surface area (Å²) in [7, 11) is 4.05. The van der Waals surface area contributed by atoms with E-state index in [-0.39, 0.29) is 24.4 Å². The number of nitrogens with zero attached hydrogens (tertiary/aromatic N) is 1. The van der Waals surface area contributed by atoms with Crippen LogP contribution in [0.1, 0.15) is 24.9 Å². The minimum Gasteiger partial charge on any atom is -0.462 e. The molecule has 1 atom stereocenters. The summed E-state index contributed by atoms with van der Waals surface area (Å²) in [4.78, 5) is 13.4. The molecule has 4 heteroatoms. The summed E-state index contributed by atoms with van der Waals surface area (Å²) in [5, 5.41) is 0. The molecule has 1 aromatic carbocycles. The second-order valence-corrected chi connectivity index (χ2v) is 4.60. The van der Waals surface area contributed by atoms with Gasteiger partial charge in [0.1, 0.15) is 0 Å². The van der Waals surface area contributed by atoms with Gasteiger partial charge in [0.15, 0.2) is 0 Å². The highest BCUT2D eigenvalue weighted by Crippen LogP contribution is 2.21. The number of hydrogen-bond donors (Lipinski definition) is 0. The number of esters is 1. The second-order valence-electron chi connectivity index (χ2n) is 4.60. The summed E-state index contributed by atoms with van der Waals surface area (Å²) < 4.78 is 5.14. The number of ether oxygens (including phenoxy) is 1. The Labute approximate surface area is 121 Å². The van der Waals surface area contributed by atoms with Gasteiger partial charge in [0, 0.05) is 18.0 Å². The standard InChI is InChI=1S/C15H21NO2.ClH/c1-12(2)15(17)18-11-10-14(16(3)4)13-8-6-5-7-9-13;/h5-9,14H,1,10-11H2,2-4H3;1H. The molecule has 0 amide bonds. The number of rotatable bonds is 6. The summed E-state index contributed by atoms with van der Waals surface area (Å²) >= 11 is 0. The van der Waals surface area contributed by atoms with Gasteiger partial charge in [-0.1, -0.05) is 36.9 Å². The van der Waals surface area contributed by atoms with Crippen molar-refractivity contribution in [3.63, 3.8) is 0 Å². The predicted octanol–water partition coefficient (Wildman–Crippen LogP) is 3.22. The van der Waals surface area contributed by atoms with E-state index in [1.54, 1.807) is 6.92 Å². The monoisotopic (exact) mass is 283 g/mol. The van der Waals surface area contributed by atoms with E-state index in [1.807, 2.05) is 32.3 Å². The van der Waals surface area contributed by atoms with Gasteiger partial charge in [0.2, 0.25) is 0 Å². The summed E-state index contributed by atoms with van der Waals surface area (Å²) in [5.74, 6) is -0.319. The van der Waals surface area contributed by atoms with Crippen LogP contribution in [0, 0.1) is 0 Å². The van der Waals surface area contributed by atoms with E-state index >= 15 is 0 Å². The van der Waals surface area contributed by atoms with Gasteiger partial charge >= 0.3 is 5.97 Å². The van der Waals surface area contributed by atoms with Gasteiger partial charge in [-0.05, 0) is 26.6 Å². The van der Waals surface area contributed by atoms with Crippen LogP contribution in [0.5, 0.6) is 0 Å². The fraction of sp³-hybridized carbons (Fsp3) is 0.400. The molecule has 1 aromatic rings. The molecule has 0 spiro atoms. The summed E-state index contributed by atoms with van der Waals surface area (Å²) in [6.45, 7) is 5.62. The van der Waals surface area contributed by atoms with Gasteiger partial charge in [-0.25, -0.2) is 4.79 Å². The van der Waals surface area contributed by atoms with Crippen LogP contribution in [0.15, 0.2) is 42.5 Å². The van der Waals surface area contributed by atoms with Crippen LogP contribution in [0.4, 0.5) is 0 Å². The third-order valence-corrected chi connectivity index (χ3v) is 2.78. The van der Waals surface area contributed by atoms with E-state index < -0.39 is 0 Å². The molecule has 0 aliphatic heterocycles. The first kappa shape index (κ1) is 17.7. The van der Waals surface area contributed by atoms with Crippen LogP contribution in [0.3, 0.4) is 0 Å². The van der Waals surface area contributed by atoms with Crippen LogP contribution in [0.2, 0.25) is 0 Å². The fourth-order valence-electron chi connectivity index (χ4n) is 1.78. The van der Waals surface area contributed by atoms with Gasteiger partial charge in [-0.15, -0.1) is 12.4 Å². The Balaban J connectivity index is 0.00000324. The molecule has 106 valence electrons. The lowest BCUT2D eigenvalue weighted by atomic mass is 10.0. The molecule has 19 heavy (non-hydrogen) atoms. The second kappa shape index (κ2) is 8.73. The summed E-state index contributed by atoms with van der Waals surface area (Å²) in [5.41, 5.74) is 1.67. The highest BCUT2D eigenvalue weighted by Gasteiger charge is 2.14. The number of carbonyl (C=O) groups is 1. The Morgan fingerprint density at radius 3 is 2.37 bits per heavy atom. The van der Waals surface area contributed by atoms with Gasteiger partial charge < -0.3 is 9.64 Å². The normalized spacial score (nSPS) is 11.6. The molecular weight excluding hydrogens is 262 g/mol. The molecular formula is C15H22ClNO2. The zero-order valence-corrected chi connectivity index (χ0v) is 12.6. The number of hydrogen-bond acceptors (Lipinski definition) is 3. The zero-order valence-electron chi connectivity index (χ0n) is 11.8. The quantitative estimate of drug-likeness (QED) is 0.593. The molecule has 0 radical (unpaired) electrons. The van der Waals surface area contributed by atoms with Gasteiger partial charge in [-0.3, -0.25) is 0 Å². The maximum absolute atomic E-state index is 11.3. The molecule has 1 unspecified atom stereocenters. The molecule has 0 aliphatic carbocycles. The van der Waals surface area contributed by atoms with Gasteiger partial charge in [0.25, 0.3) is 0 Å². The van der Waals surface area contributed by atoms with E-state index in [0.29, 0.717) is 12.2 Å². The number of carbonyl (C=O) groups excluding carboxylic acids is 1. The van der Waals surface area contributed by atoms with Crippen molar-refractivity contribution in [1.29, 1.82) is 0 Å². The molecule has 0 bridgehead atoms. The summed E-state index contributed by atoms with van der Waals surface area (Å²) in [6.07, 6.45) is 0.774. The summed E-state index contributed by atoms with van der Waals surface area (Å²) in [6, 6.07) is 10.5. The smallest absolute Gasteiger partial charge is 0.333 e. The van der Waals surface area contributed by atoms with Gasteiger partial charge in [-0.2, -0.15) is 0 Å². The Bertz CT molecular complexity index is 404. The number of benzene rings is 1. The SMILES string of the molecule is C=C(C)C(=O)OCCC(c1ccccc1)N(C)C.Cl. The maximum Gasteiger partial charge on any atom is 0.333 e. The molecule has 0 aliphatic rings. The third kappa shape index (κ3) is 5.90. The molecule has 0 saturated carbocycles. The van der Waals surface area contributed by atoms with Crippen LogP contribution < -0.4 is 0 Å². The first-order valence-corrected chi connectivity index (χ1v) is 6.06. The maximum atomic E-state index is 11.3. The molecule has 0 aromatic heterocycles. The highest BCUT2D eigenvalue weighted by atomic mass is 35.5. The number of halogens is 1. The minimum atomic E-state index is -0.319. The Kier molecular flexibility index (Phi) is 8.12. The van der Waals surface area contributed by atoms with E-state index in [4.69, 9.17) is 4.74 Å². The van der Waals surface area contributed by atoms with Crippen molar-refractivity contribution in [1.82, 2.24) is 4.90 Å². The molecule has 0 saturated heterocycles. The average molecular weight is 284 g/mol. The van der Waals surface area contributed by atoms with E-state index in [9.17, 15) is 4.79 Å². The highest BCUT2D eigenvalue weighted by molar-refractivity contribution is 5.86. The van der Waals surface area contributed by atoms with Crippen molar-refractivity contribution in [3.8, 4) is 0 Å². The topological polar surface area (TPSA) is 29.5 Å². The predicted molar refractivity (Wildman–Crippen MR) is 80.5 cm³/mol. The van der Waals surface area contributed by atoms with Crippen molar-refractivity contribution in [2.75, 3.05) is 20.7 Å². The Morgan fingerprint density at radius 1 is 1.32 bits per heavy atom. The fourth-order valence-corrected chi connectivity index (χ4v) is 1.78. The van der Waals surface area contributed by atoms with Crippen molar-refractivity contribution >= 4 is 18.4 Å². The average Bonchev–Trinajstić information content (AvgIpc) is 2.34. The van der Waals surface area contributed by atoms with Crippen molar-refractivity contribution in [2.24, 2.45) is 0 Å². The van der Waals surface area contributed by atoms with Crippen LogP contribution >= 0.6 is 12.4 Å². The lowest BCUT2D eigenvalue weighted by molar-refractivity contribution is -0.139. The van der Waals surface area contributed by atoms with Crippen LogP contribution in [0.25, 0.3) is 0 Å². The molecule has 3 nitrogen and oxygen atoms in total. The third-order valence-electron chi connectivity index (χ3n) is 2.78. The van der Waals surface area contributed by atoms with Crippen molar-refractivity contribution < 1.29 is 9.53 Å². The Hall–Kier alpha value is -1.32. The first-order chi connectivity index (χ1) is 8.52. The first-order valence-electron chi connectivity index (χ1n) is 6.06. The molecule has 0 fully saturated rings. The van der Waals surface area contributed by atoms with Crippen LogP contribution in [-0.4, -0.2) is 31.6 Å². The van der Waals surface area contributed by atoms with E-state index in [2.05, 4.69) is 23.6 Å². The van der Waals surface area contributed by atoms with Crippen molar-refractivity contribution in [3.05, 3.63) is 48.0 Å². The minimum absolute atomic E-state index is 0. The lowest BCUT2D eigenvalue weighted by Crippen LogP contribution is -2.22. The van der Waals surface area contributed by atoms with E-state index in [1.165, 1.54) is 5.56 Å². The Morgan fingerprint density at radius 2 is 1.89 bits per heavy atom. The van der Waals surface area contributed by atoms with Crippen molar-refractivity contribution in [2.45, 2.75) is 19.4 Å². The molecule has 1 rings (SSSR count). The van der Waals surface area contributed by atoms with E-state index in [0.717, 1.165) is 6.42 Å². The zero-order chi connectivity index (χ0) is 13.5. The van der Waals surface area contributed by atoms with Crippen LogP contribution in [-0.2, 0) is 9.53 Å². The van der Waals surface area contributed by atoms with Gasteiger partial charge in [0.05, 0.1) is 6.61 Å². The largest absolute Gasteiger partial charge is 0.462 e.